The molecule has 0 spiro atoms. The van der Waals surface area contributed by atoms with E-state index in [1.165, 1.54) is 0 Å². The second-order valence-corrected chi connectivity index (χ2v) is 10.3. The minimum absolute atomic E-state index is 0.0571. The predicted octanol–water partition coefficient (Wildman–Crippen LogP) is 4.64. The maximum Gasteiger partial charge on any atom is 0.270 e. The molecule has 1 atom stereocenters. The predicted molar refractivity (Wildman–Crippen MR) is 135 cm³/mol. The van der Waals surface area contributed by atoms with Crippen molar-refractivity contribution in [2.75, 3.05) is 5.32 Å². The third kappa shape index (κ3) is 4.88. The monoisotopic (exact) mass is 474 g/mol. The zero-order chi connectivity index (χ0) is 24.7. The zero-order valence-corrected chi connectivity index (χ0v) is 20.8. The topological polar surface area (TPSA) is 105 Å². The van der Waals surface area contributed by atoms with E-state index in [0.29, 0.717) is 17.5 Å². The number of aromatic amines is 1. The second kappa shape index (κ2) is 9.32. The summed E-state index contributed by atoms with van der Waals surface area (Å²) >= 11 is 0. The molecule has 184 valence electrons. The molecule has 2 fully saturated rings. The first-order valence-corrected chi connectivity index (χ1v) is 12.6. The Morgan fingerprint density at radius 2 is 1.69 bits per heavy atom. The van der Waals surface area contributed by atoms with E-state index in [-0.39, 0.29) is 23.8 Å². The summed E-state index contributed by atoms with van der Waals surface area (Å²) in [7, 11) is 0. The van der Waals surface area contributed by atoms with Gasteiger partial charge in [-0.05, 0) is 94.9 Å². The molecule has 0 saturated heterocycles. The van der Waals surface area contributed by atoms with E-state index >= 15 is 0 Å². The molecular weight excluding hydrogens is 440 g/mol. The number of H-pyrrole nitrogens is 1. The maximum atomic E-state index is 13.6. The van der Waals surface area contributed by atoms with Crippen molar-refractivity contribution in [3.05, 3.63) is 53.6 Å². The van der Waals surface area contributed by atoms with Crippen LogP contribution >= 0.6 is 0 Å². The van der Waals surface area contributed by atoms with Gasteiger partial charge in [0.25, 0.3) is 5.91 Å². The van der Waals surface area contributed by atoms with Crippen LogP contribution in [0, 0.1) is 31.6 Å². The molecule has 0 bridgehead atoms. The number of aryl methyl sites for hydroxylation is 2. The fraction of sp³-hybridized carbons (Fsp3) is 0.481. The van der Waals surface area contributed by atoms with Crippen LogP contribution in [0.1, 0.15) is 67.4 Å². The number of hydrogen-bond acceptors (Lipinski definition) is 4. The van der Waals surface area contributed by atoms with Gasteiger partial charge in [0.1, 0.15) is 11.7 Å². The summed E-state index contributed by atoms with van der Waals surface area (Å²) in [6, 6.07) is 9.01. The minimum atomic E-state index is -0.573. The molecule has 1 aromatic carbocycles. The van der Waals surface area contributed by atoms with Gasteiger partial charge in [-0.15, -0.1) is 0 Å². The highest BCUT2D eigenvalue weighted by atomic mass is 16.2. The lowest BCUT2D eigenvalue weighted by Gasteiger charge is -2.28. The van der Waals surface area contributed by atoms with E-state index in [2.05, 4.69) is 25.9 Å². The summed E-state index contributed by atoms with van der Waals surface area (Å²) in [5, 5.41) is 17.8. The highest BCUT2D eigenvalue weighted by Gasteiger charge is 2.48. The van der Waals surface area contributed by atoms with Crippen LogP contribution < -0.4 is 10.6 Å². The van der Waals surface area contributed by atoms with Crippen LogP contribution in [-0.4, -0.2) is 37.8 Å². The molecule has 3 aromatic rings. The van der Waals surface area contributed by atoms with Gasteiger partial charge in [-0.25, -0.2) is 0 Å². The van der Waals surface area contributed by atoms with Crippen LogP contribution in [0.2, 0.25) is 0 Å². The summed E-state index contributed by atoms with van der Waals surface area (Å²) in [5.41, 5.74) is 5.29. The Morgan fingerprint density at radius 1 is 1.03 bits per heavy atom. The standard InChI is InChI=1S/C27H34N6O2/c1-15(2)33-22(13-14-28-33)26(34)30-25(24(19-5-6-19)20-7-8-20)27(35)29-21-11-9-18(10-12-21)23-16(3)31-32-17(23)4/h9-15,19-20,24-25H,5-8H2,1-4H3,(H,29,35)(H,30,34)(H,31,32)/t25-/m1/s1. The van der Waals surface area contributed by atoms with Crippen molar-refractivity contribution in [1.29, 1.82) is 0 Å². The van der Waals surface area contributed by atoms with Gasteiger partial charge in [-0.3, -0.25) is 19.4 Å². The van der Waals surface area contributed by atoms with Crippen molar-refractivity contribution in [2.45, 2.75) is 65.5 Å². The van der Waals surface area contributed by atoms with E-state index in [4.69, 9.17) is 0 Å². The molecule has 2 amide bonds. The van der Waals surface area contributed by atoms with E-state index in [1.807, 2.05) is 52.0 Å². The Hall–Kier alpha value is -3.42. The Morgan fingerprint density at radius 3 is 2.23 bits per heavy atom. The minimum Gasteiger partial charge on any atom is -0.339 e. The third-order valence-electron chi connectivity index (χ3n) is 7.25. The molecule has 2 heterocycles. The maximum absolute atomic E-state index is 13.6. The van der Waals surface area contributed by atoms with Crippen molar-refractivity contribution in [2.24, 2.45) is 17.8 Å². The first-order chi connectivity index (χ1) is 16.8. The number of carbonyl (C=O) groups is 2. The molecule has 2 aliphatic rings. The van der Waals surface area contributed by atoms with Crippen LogP contribution in [0.5, 0.6) is 0 Å². The van der Waals surface area contributed by atoms with Gasteiger partial charge >= 0.3 is 0 Å². The highest BCUT2D eigenvalue weighted by molar-refractivity contribution is 6.01. The number of hydrogen-bond donors (Lipinski definition) is 3. The molecule has 0 unspecified atom stereocenters. The van der Waals surface area contributed by atoms with Crippen LogP contribution in [-0.2, 0) is 4.79 Å². The second-order valence-electron chi connectivity index (χ2n) is 10.3. The average Bonchev–Trinajstić information content (AvgIpc) is 3.76. The van der Waals surface area contributed by atoms with Gasteiger partial charge in [0.05, 0.1) is 5.69 Å². The van der Waals surface area contributed by atoms with Gasteiger partial charge < -0.3 is 10.6 Å². The lowest BCUT2D eigenvalue weighted by atomic mass is 9.88. The van der Waals surface area contributed by atoms with Crippen molar-refractivity contribution in [3.8, 4) is 11.1 Å². The first-order valence-electron chi connectivity index (χ1n) is 12.6. The molecule has 2 aliphatic carbocycles. The Labute approximate surface area is 205 Å². The van der Waals surface area contributed by atoms with Crippen LogP contribution in [0.3, 0.4) is 0 Å². The number of benzene rings is 1. The molecule has 5 rings (SSSR count). The first kappa shape index (κ1) is 23.3. The van der Waals surface area contributed by atoms with Crippen molar-refractivity contribution in [3.63, 3.8) is 0 Å². The lowest BCUT2D eigenvalue weighted by molar-refractivity contribution is -0.119. The molecule has 2 aromatic heterocycles. The van der Waals surface area contributed by atoms with Crippen molar-refractivity contribution >= 4 is 17.5 Å². The molecular formula is C27H34N6O2. The summed E-state index contributed by atoms with van der Waals surface area (Å²) in [6.07, 6.45) is 6.14. The van der Waals surface area contributed by atoms with E-state index in [0.717, 1.165) is 53.9 Å². The number of nitrogens with one attached hydrogen (secondary N) is 3. The smallest absolute Gasteiger partial charge is 0.270 e. The van der Waals surface area contributed by atoms with E-state index in [9.17, 15) is 9.59 Å². The normalized spacial score (nSPS) is 16.5. The van der Waals surface area contributed by atoms with Gasteiger partial charge in [-0.1, -0.05) is 12.1 Å². The van der Waals surface area contributed by atoms with Crippen molar-refractivity contribution in [1.82, 2.24) is 25.3 Å². The molecule has 2 saturated carbocycles. The number of anilines is 1. The fourth-order valence-electron chi connectivity index (χ4n) is 5.27. The summed E-state index contributed by atoms with van der Waals surface area (Å²) in [4.78, 5) is 26.9. The molecule has 8 heteroatoms. The molecule has 8 nitrogen and oxygen atoms in total. The number of aromatic nitrogens is 4. The number of carbonyl (C=O) groups excluding carboxylic acids is 2. The summed E-state index contributed by atoms with van der Waals surface area (Å²) in [5.74, 6) is 0.779. The summed E-state index contributed by atoms with van der Waals surface area (Å²) in [6.45, 7) is 7.95. The van der Waals surface area contributed by atoms with Gasteiger partial charge in [-0.2, -0.15) is 10.2 Å². The van der Waals surface area contributed by atoms with Gasteiger partial charge in [0, 0.05) is 29.2 Å². The molecule has 0 radical (unpaired) electrons. The Kier molecular flexibility index (Phi) is 6.21. The van der Waals surface area contributed by atoms with E-state index in [1.54, 1.807) is 16.9 Å². The van der Waals surface area contributed by atoms with Crippen molar-refractivity contribution < 1.29 is 9.59 Å². The highest BCUT2D eigenvalue weighted by Crippen LogP contribution is 2.51. The number of amides is 2. The lowest BCUT2D eigenvalue weighted by Crippen LogP contribution is -2.50. The molecule has 3 N–H and O–H groups in total. The molecule has 35 heavy (non-hydrogen) atoms. The Bertz CT molecular complexity index is 1190. The van der Waals surface area contributed by atoms with Gasteiger partial charge in [0.15, 0.2) is 0 Å². The summed E-state index contributed by atoms with van der Waals surface area (Å²) < 4.78 is 1.70. The van der Waals surface area contributed by atoms with Crippen LogP contribution in [0.15, 0.2) is 36.5 Å². The zero-order valence-electron chi connectivity index (χ0n) is 20.8. The van der Waals surface area contributed by atoms with Crippen LogP contribution in [0.4, 0.5) is 5.69 Å². The SMILES string of the molecule is Cc1n[nH]c(C)c1-c1ccc(NC(=O)[C@H](NC(=O)c2ccnn2C(C)C)C(C2CC2)C2CC2)cc1. The average molecular weight is 475 g/mol. The largest absolute Gasteiger partial charge is 0.339 e. The fourth-order valence-corrected chi connectivity index (χ4v) is 5.27. The quantitative estimate of drug-likeness (QED) is 0.420. The van der Waals surface area contributed by atoms with Crippen LogP contribution in [0.25, 0.3) is 11.1 Å². The van der Waals surface area contributed by atoms with E-state index < -0.39 is 6.04 Å². The van der Waals surface area contributed by atoms with Gasteiger partial charge in [0.2, 0.25) is 5.91 Å². The third-order valence-corrected chi connectivity index (χ3v) is 7.25. The molecule has 0 aliphatic heterocycles. The Balaban J connectivity index is 1.36. The number of rotatable bonds is 9. The number of nitrogens with zero attached hydrogens (tertiary/aromatic N) is 3.